The van der Waals surface area contributed by atoms with Crippen LogP contribution in [0.2, 0.25) is 0 Å². The molecular weight excluding hydrogens is 291 g/mol. The van der Waals surface area contributed by atoms with Crippen LogP contribution in [0, 0.1) is 0 Å². The van der Waals surface area contributed by atoms with Gasteiger partial charge in [0, 0.05) is 0 Å². The molecule has 0 saturated heterocycles. The lowest BCUT2D eigenvalue weighted by Crippen LogP contribution is -2.52. The normalized spacial score (nSPS) is 13.4. The summed E-state index contributed by atoms with van der Waals surface area (Å²) in [5.41, 5.74) is 0. The van der Waals surface area contributed by atoms with Gasteiger partial charge in [-0.15, -0.1) is 0 Å². The van der Waals surface area contributed by atoms with Crippen molar-refractivity contribution in [1.29, 1.82) is 0 Å². The van der Waals surface area contributed by atoms with Gasteiger partial charge in [-0.2, -0.15) is 39.5 Å². The van der Waals surface area contributed by atoms with Crippen molar-refractivity contribution in [2.75, 3.05) is 0 Å². The topological polar surface area (TPSA) is 46.5 Å². The smallest absolute Gasteiger partial charge is 0.435 e. The molecule has 1 N–H and O–H groups in total. The average molecular weight is 292 g/mol. The van der Waals surface area contributed by atoms with E-state index in [0.717, 1.165) is 0 Å². The highest BCUT2D eigenvalue weighted by Gasteiger charge is 2.68. The molecule has 0 bridgehead atoms. The summed E-state index contributed by atoms with van der Waals surface area (Å²) in [6, 6.07) is 0. The molecule has 3 nitrogen and oxygen atoms in total. The number of alkyl halides is 6. The zero-order chi connectivity index (χ0) is 14.9. The maximum atomic E-state index is 12.3. The van der Waals surface area contributed by atoms with Gasteiger partial charge in [-0.25, -0.2) is 9.53 Å². The Kier molecular flexibility index (Phi) is 4.29. The van der Waals surface area contributed by atoms with Gasteiger partial charge in [0.25, 0.3) is 5.83 Å². The number of carbonyl (C=O) groups is 1. The Morgan fingerprint density at radius 2 is 1.33 bits per heavy atom. The first-order valence-corrected chi connectivity index (χ1v) is 3.54. The molecule has 0 amide bonds. The van der Waals surface area contributed by atoms with Crippen molar-refractivity contribution < 1.29 is 54.2 Å². The van der Waals surface area contributed by atoms with E-state index in [-0.39, 0.29) is 0 Å². The van der Waals surface area contributed by atoms with E-state index >= 15 is 0 Å². The molecule has 0 aliphatic carbocycles. The van der Waals surface area contributed by atoms with E-state index in [1.54, 1.807) is 0 Å². The molecule has 0 unspecified atom stereocenters. The van der Waals surface area contributed by atoms with Crippen LogP contribution in [0.15, 0.2) is 11.9 Å². The first kappa shape index (κ1) is 16.5. The van der Waals surface area contributed by atoms with Crippen molar-refractivity contribution in [3.05, 3.63) is 11.9 Å². The van der Waals surface area contributed by atoms with Crippen LogP contribution in [0.4, 0.5) is 39.5 Å². The minimum absolute atomic E-state index is 1.86. The second-order valence-electron chi connectivity index (χ2n) is 2.59. The Hall–Kier alpha value is -1.46. The van der Waals surface area contributed by atoms with Gasteiger partial charge in [0.05, 0.1) is 0 Å². The summed E-state index contributed by atoms with van der Waals surface area (Å²) in [5.74, 6) is -13.6. The van der Waals surface area contributed by atoms with Crippen molar-refractivity contribution in [2.24, 2.45) is 0 Å². The zero-order valence-electron chi connectivity index (χ0n) is 7.67. The van der Waals surface area contributed by atoms with Crippen LogP contribution in [0.3, 0.4) is 0 Å². The molecule has 0 radical (unpaired) electrons. The third-order valence-corrected chi connectivity index (χ3v) is 1.31. The van der Waals surface area contributed by atoms with Gasteiger partial charge in [0.2, 0.25) is 0 Å². The number of rotatable bonds is 5. The number of ether oxygens (including phenoxy) is 1. The van der Waals surface area contributed by atoms with Crippen LogP contribution >= 0.6 is 0 Å². The molecule has 0 heterocycles. The fraction of sp³-hybridized carbons (Fsp3) is 0.500. The maximum Gasteiger partial charge on any atom is 0.435 e. The fourth-order valence-electron chi connectivity index (χ4n) is 0.504. The van der Waals surface area contributed by atoms with Gasteiger partial charge >= 0.3 is 30.2 Å². The molecule has 0 atom stereocenters. The Morgan fingerprint density at radius 3 is 1.61 bits per heavy atom. The number of aliphatic carboxylic acids is 1. The summed E-state index contributed by atoms with van der Waals surface area (Å²) in [7, 11) is 0. The molecule has 0 spiro atoms. The Labute approximate surface area is 91.4 Å². The van der Waals surface area contributed by atoms with E-state index in [2.05, 4.69) is 0 Å². The summed E-state index contributed by atoms with van der Waals surface area (Å²) < 4.78 is 110. The first-order valence-electron chi connectivity index (χ1n) is 3.54. The van der Waals surface area contributed by atoms with Crippen LogP contribution in [0.25, 0.3) is 0 Å². The van der Waals surface area contributed by atoms with Crippen LogP contribution in [0.5, 0.6) is 0 Å². The summed E-state index contributed by atoms with van der Waals surface area (Å²) in [6.07, 6.45) is -16.3. The van der Waals surface area contributed by atoms with Crippen LogP contribution in [-0.4, -0.2) is 29.2 Å². The van der Waals surface area contributed by atoms with Crippen molar-refractivity contribution in [3.8, 4) is 0 Å². The lowest BCUT2D eigenvalue weighted by Gasteiger charge is -2.25. The molecule has 0 aromatic heterocycles. The predicted molar refractivity (Wildman–Crippen MR) is 33.9 cm³/mol. The van der Waals surface area contributed by atoms with Gasteiger partial charge in [0.1, 0.15) is 0 Å². The highest BCUT2D eigenvalue weighted by molar-refractivity contribution is 5.76. The Morgan fingerprint density at radius 1 is 0.944 bits per heavy atom. The van der Waals surface area contributed by atoms with Crippen molar-refractivity contribution in [3.63, 3.8) is 0 Å². The number of halogens is 9. The molecule has 18 heavy (non-hydrogen) atoms. The molecule has 0 aromatic carbocycles. The summed E-state index contributed by atoms with van der Waals surface area (Å²) >= 11 is 0. The zero-order valence-corrected chi connectivity index (χ0v) is 7.67. The fourth-order valence-corrected chi connectivity index (χ4v) is 0.504. The third kappa shape index (κ3) is 3.05. The van der Waals surface area contributed by atoms with E-state index in [1.165, 1.54) is 0 Å². The SMILES string of the molecule is O=C(O)C(F)(F)C(F)(F)OC(F)(F)C(F)=C(F)F. The lowest BCUT2D eigenvalue weighted by atomic mass is 10.3. The van der Waals surface area contributed by atoms with Crippen molar-refractivity contribution >= 4 is 5.97 Å². The van der Waals surface area contributed by atoms with Gasteiger partial charge < -0.3 is 5.11 Å². The molecule has 0 rings (SSSR count). The van der Waals surface area contributed by atoms with E-state index in [1.807, 2.05) is 4.74 Å². The van der Waals surface area contributed by atoms with Gasteiger partial charge in [-0.1, -0.05) is 0 Å². The average Bonchev–Trinajstić information content (AvgIpc) is 2.13. The van der Waals surface area contributed by atoms with Gasteiger partial charge in [-0.05, 0) is 0 Å². The highest BCUT2D eigenvalue weighted by atomic mass is 19.3. The van der Waals surface area contributed by atoms with E-state index in [4.69, 9.17) is 5.11 Å². The monoisotopic (exact) mass is 292 g/mol. The van der Waals surface area contributed by atoms with Crippen molar-refractivity contribution in [1.82, 2.24) is 0 Å². The second-order valence-corrected chi connectivity index (χ2v) is 2.59. The molecule has 0 aliphatic heterocycles. The minimum Gasteiger partial charge on any atom is -0.477 e. The molecule has 0 aliphatic rings. The number of hydrogen-bond acceptors (Lipinski definition) is 2. The maximum absolute atomic E-state index is 12.3. The number of carboxylic acid groups (broad SMARTS) is 1. The molecule has 0 saturated carbocycles. The molecule has 0 fully saturated rings. The highest BCUT2D eigenvalue weighted by Crippen LogP contribution is 2.42. The number of carboxylic acids is 1. The molecular formula is C6HF9O3. The predicted octanol–water partition coefficient (Wildman–Crippen LogP) is 2.99. The van der Waals surface area contributed by atoms with E-state index in [9.17, 15) is 44.3 Å². The summed E-state index contributed by atoms with van der Waals surface area (Å²) in [6.45, 7) is 0. The largest absolute Gasteiger partial charge is 0.477 e. The van der Waals surface area contributed by atoms with E-state index in [0.29, 0.717) is 0 Å². The van der Waals surface area contributed by atoms with E-state index < -0.39 is 36.0 Å². The Bertz CT molecular complexity index is 370. The number of hydrogen-bond donors (Lipinski definition) is 1. The van der Waals surface area contributed by atoms with Gasteiger partial charge in [-0.3, -0.25) is 0 Å². The minimum atomic E-state index is -6.42. The summed E-state index contributed by atoms with van der Waals surface area (Å²) in [4.78, 5) is 9.65. The first-order chi connectivity index (χ1) is 7.75. The van der Waals surface area contributed by atoms with Gasteiger partial charge in [0.15, 0.2) is 0 Å². The second kappa shape index (κ2) is 4.66. The van der Waals surface area contributed by atoms with Crippen LogP contribution in [0.1, 0.15) is 0 Å². The van der Waals surface area contributed by atoms with Crippen LogP contribution in [-0.2, 0) is 9.53 Å². The van der Waals surface area contributed by atoms with Crippen molar-refractivity contribution in [2.45, 2.75) is 18.1 Å². The third-order valence-electron chi connectivity index (χ3n) is 1.31. The molecule has 12 heteroatoms. The quantitative estimate of drug-likeness (QED) is 0.792. The molecule has 106 valence electrons. The standard InChI is InChI=1S/C6HF9O3/c7-1(2(8)9)5(12,13)18-6(14,15)4(10,11)3(16)17/h(H,16,17). The summed E-state index contributed by atoms with van der Waals surface area (Å²) in [5, 5.41) is 7.61. The lowest BCUT2D eigenvalue weighted by molar-refractivity contribution is -0.415. The van der Waals surface area contributed by atoms with Crippen LogP contribution < -0.4 is 0 Å². The molecule has 0 aromatic rings. The Balaban J connectivity index is 5.34.